The molecule has 9 heteroatoms. The maximum Gasteiger partial charge on any atom is 0.257 e. The molecule has 3 aromatic rings. The second-order valence-corrected chi connectivity index (χ2v) is 9.94. The van der Waals surface area contributed by atoms with Gasteiger partial charge in [-0.1, -0.05) is 35.0 Å². The summed E-state index contributed by atoms with van der Waals surface area (Å²) in [6.07, 6.45) is 1.32. The van der Waals surface area contributed by atoms with Gasteiger partial charge in [-0.2, -0.15) is 9.29 Å². The first-order valence-corrected chi connectivity index (χ1v) is 10.8. The number of thiophene rings is 1. The number of aromatic nitrogens is 2. The van der Waals surface area contributed by atoms with Gasteiger partial charge >= 0.3 is 0 Å². The highest BCUT2D eigenvalue weighted by molar-refractivity contribution is 7.91. The zero-order valence-corrected chi connectivity index (χ0v) is 16.1. The average Bonchev–Trinajstić information content (AvgIpc) is 3.32. The Hall–Kier alpha value is -1.74. The molecule has 4 rings (SSSR count). The summed E-state index contributed by atoms with van der Waals surface area (Å²) in [6, 6.07) is 12.8. The van der Waals surface area contributed by atoms with Gasteiger partial charge in [-0.3, -0.25) is 0 Å². The summed E-state index contributed by atoms with van der Waals surface area (Å²) in [7, 11) is -3.48. The summed E-state index contributed by atoms with van der Waals surface area (Å²) in [6.45, 7) is 0.857. The second kappa shape index (κ2) is 7.11. The van der Waals surface area contributed by atoms with E-state index in [-0.39, 0.29) is 10.1 Å². The fourth-order valence-electron chi connectivity index (χ4n) is 3.02. The van der Waals surface area contributed by atoms with Crippen LogP contribution in [0.2, 0.25) is 4.34 Å². The van der Waals surface area contributed by atoms with E-state index in [1.54, 1.807) is 12.1 Å². The van der Waals surface area contributed by atoms with Crippen molar-refractivity contribution in [1.29, 1.82) is 0 Å². The molecule has 0 spiro atoms. The van der Waals surface area contributed by atoms with Gasteiger partial charge in [0.25, 0.3) is 15.9 Å². The number of sulfonamides is 1. The Morgan fingerprint density at radius 1 is 1.12 bits per heavy atom. The van der Waals surface area contributed by atoms with Crippen molar-refractivity contribution in [3.8, 4) is 11.5 Å². The highest BCUT2D eigenvalue weighted by Gasteiger charge is 2.32. The van der Waals surface area contributed by atoms with Crippen LogP contribution in [0.3, 0.4) is 0 Å². The van der Waals surface area contributed by atoms with Crippen LogP contribution in [0.4, 0.5) is 0 Å². The summed E-state index contributed by atoms with van der Waals surface area (Å²) in [5.41, 5.74) is 0.876. The van der Waals surface area contributed by atoms with Crippen LogP contribution >= 0.6 is 22.9 Å². The largest absolute Gasteiger partial charge is 0.334 e. The van der Waals surface area contributed by atoms with Crippen molar-refractivity contribution < 1.29 is 12.9 Å². The molecule has 0 bridgehead atoms. The van der Waals surface area contributed by atoms with Gasteiger partial charge in [0.1, 0.15) is 4.21 Å². The van der Waals surface area contributed by atoms with E-state index in [9.17, 15) is 8.42 Å². The molecule has 1 aromatic carbocycles. The van der Waals surface area contributed by atoms with Crippen LogP contribution in [0.1, 0.15) is 24.6 Å². The zero-order chi connectivity index (χ0) is 18.1. The Labute approximate surface area is 160 Å². The lowest BCUT2D eigenvalue weighted by molar-refractivity contribution is 0.307. The molecule has 136 valence electrons. The molecular weight excluding hydrogens is 394 g/mol. The summed E-state index contributed by atoms with van der Waals surface area (Å²) in [4.78, 5) is 4.49. The molecule has 26 heavy (non-hydrogen) atoms. The number of halogens is 1. The van der Waals surface area contributed by atoms with Gasteiger partial charge in [0.2, 0.25) is 0 Å². The molecule has 0 amide bonds. The minimum Gasteiger partial charge on any atom is -0.334 e. The summed E-state index contributed by atoms with van der Waals surface area (Å²) >= 11 is 6.95. The normalized spacial score (nSPS) is 16.8. The fraction of sp³-hybridized carbons (Fsp3) is 0.294. The molecule has 0 saturated carbocycles. The second-order valence-electron chi connectivity index (χ2n) is 6.06. The van der Waals surface area contributed by atoms with E-state index in [1.165, 1.54) is 4.31 Å². The smallest absolute Gasteiger partial charge is 0.257 e. The van der Waals surface area contributed by atoms with Gasteiger partial charge in [-0.15, -0.1) is 11.3 Å². The van der Waals surface area contributed by atoms with Gasteiger partial charge in [-0.25, -0.2) is 8.42 Å². The first kappa shape index (κ1) is 17.7. The Morgan fingerprint density at radius 3 is 2.50 bits per heavy atom. The number of benzene rings is 1. The van der Waals surface area contributed by atoms with E-state index in [1.807, 2.05) is 30.3 Å². The Balaban J connectivity index is 1.45. The highest BCUT2D eigenvalue weighted by atomic mass is 35.5. The first-order chi connectivity index (χ1) is 12.5. The van der Waals surface area contributed by atoms with E-state index in [0.29, 0.717) is 42.0 Å². The fourth-order valence-corrected chi connectivity index (χ4v) is 6.12. The number of nitrogens with zero attached hydrogens (tertiary/aromatic N) is 3. The topological polar surface area (TPSA) is 76.3 Å². The molecule has 0 radical (unpaired) electrons. The van der Waals surface area contributed by atoms with E-state index in [0.717, 1.165) is 16.9 Å². The first-order valence-electron chi connectivity index (χ1n) is 8.18. The zero-order valence-electron chi connectivity index (χ0n) is 13.7. The lowest BCUT2D eigenvalue weighted by Gasteiger charge is -2.29. The summed E-state index contributed by atoms with van der Waals surface area (Å²) in [5.74, 6) is 1.22. The van der Waals surface area contributed by atoms with Crippen molar-refractivity contribution in [3.05, 3.63) is 52.6 Å². The van der Waals surface area contributed by atoms with E-state index < -0.39 is 10.0 Å². The average molecular weight is 410 g/mol. The van der Waals surface area contributed by atoms with Gasteiger partial charge in [-0.05, 0) is 37.1 Å². The monoisotopic (exact) mass is 409 g/mol. The quantitative estimate of drug-likeness (QED) is 0.650. The minimum atomic E-state index is -3.48. The van der Waals surface area contributed by atoms with Gasteiger partial charge < -0.3 is 4.52 Å². The van der Waals surface area contributed by atoms with Crippen molar-refractivity contribution in [3.63, 3.8) is 0 Å². The molecule has 1 aliphatic rings. The Kier molecular flexibility index (Phi) is 4.83. The minimum absolute atomic E-state index is 0.0922. The van der Waals surface area contributed by atoms with Crippen molar-refractivity contribution in [2.45, 2.75) is 23.0 Å². The molecule has 0 unspecified atom stereocenters. The Morgan fingerprint density at radius 2 is 1.85 bits per heavy atom. The predicted molar refractivity (Wildman–Crippen MR) is 99.8 cm³/mol. The van der Waals surface area contributed by atoms with E-state index in [2.05, 4.69) is 10.1 Å². The number of rotatable bonds is 4. The predicted octanol–water partition coefficient (Wildman–Crippen LogP) is 4.02. The van der Waals surface area contributed by atoms with Crippen LogP contribution < -0.4 is 0 Å². The molecule has 3 heterocycles. The molecule has 0 N–H and O–H groups in total. The van der Waals surface area contributed by atoms with Gasteiger partial charge in [0.05, 0.1) is 4.34 Å². The van der Waals surface area contributed by atoms with Crippen LogP contribution in [0.25, 0.3) is 11.5 Å². The molecule has 6 nitrogen and oxygen atoms in total. The van der Waals surface area contributed by atoms with Gasteiger partial charge in [0.15, 0.2) is 5.82 Å². The molecule has 1 fully saturated rings. The van der Waals surface area contributed by atoms with E-state index in [4.69, 9.17) is 16.1 Å². The number of hydrogen-bond acceptors (Lipinski definition) is 6. The van der Waals surface area contributed by atoms with Crippen LogP contribution in [0.15, 0.2) is 51.2 Å². The SMILES string of the molecule is O=S(=O)(c1ccc(Cl)s1)N1CCC(c2noc(-c3ccccc3)n2)CC1. The third kappa shape index (κ3) is 3.42. The summed E-state index contributed by atoms with van der Waals surface area (Å²) in [5, 5.41) is 4.10. The third-order valence-electron chi connectivity index (χ3n) is 4.42. The van der Waals surface area contributed by atoms with Crippen molar-refractivity contribution in [2.75, 3.05) is 13.1 Å². The highest BCUT2D eigenvalue weighted by Crippen LogP contribution is 2.33. The van der Waals surface area contributed by atoms with E-state index >= 15 is 0 Å². The van der Waals surface area contributed by atoms with Crippen LogP contribution in [-0.2, 0) is 10.0 Å². The van der Waals surface area contributed by atoms with Crippen LogP contribution in [0.5, 0.6) is 0 Å². The molecular formula is C17H16ClN3O3S2. The molecule has 0 aliphatic carbocycles. The lowest BCUT2D eigenvalue weighted by Crippen LogP contribution is -2.37. The molecule has 2 aromatic heterocycles. The molecule has 0 atom stereocenters. The van der Waals surface area contributed by atoms with Crippen LogP contribution in [0, 0.1) is 0 Å². The van der Waals surface area contributed by atoms with Crippen LogP contribution in [-0.4, -0.2) is 36.0 Å². The number of piperidine rings is 1. The molecule has 1 saturated heterocycles. The van der Waals surface area contributed by atoms with Crippen molar-refractivity contribution in [2.24, 2.45) is 0 Å². The third-order valence-corrected chi connectivity index (χ3v) is 8.02. The van der Waals surface area contributed by atoms with Gasteiger partial charge in [0, 0.05) is 24.6 Å². The maximum atomic E-state index is 12.7. The lowest BCUT2D eigenvalue weighted by atomic mass is 9.97. The van der Waals surface area contributed by atoms with Crippen molar-refractivity contribution in [1.82, 2.24) is 14.4 Å². The maximum absolute atomic E-state index is 12.7. The number of hydrogen-bond donors (Lipinski definition) is 0. The van der Waals surface area contributed by atoms with Crippen molar-refractivity contribution >= 4 is 33.0 Å². The summed E-state index contributed by atoms with van der Waals surface area (Å²) < 4.78 is 32.9. The standard InChI is InChI=1S/C17H16ClN3O3S2/c18-14-6-7-15(25-14)26(22,23)21-10-8-12(9-11-21)16-19-17(24-20-16)13-4-2-1-3-5-13/h1-7,12H,8-11H2. The molecule has 1 aliphatic heterocycles. The Bertz CT molecular complexity index is 993.